The van der Waals surface area contributed by atoms with Gasteiger partial charge in [0.1, 0.15) is 0 Å². The molecule has 0 saturated heterocycles. The molecule has 1 amide bonds. The Bertz CT molecular complexity index is 364. The highest BCUT2D eigenvalue weighted by Gasteiger charge is 2.28. The van der Waals surface area contributed by atoms with E-state index in [4.69, 9.17) is 0 Å². The zero-order valence-electron chi connectivity index (χ0n) is 9.40. The molecule has 0 aromatic heterocycles. The molecule has 0 aromatic rings. The molecule has 2 atom stereocenters. The Kier molecular flexibility index (Phi) is 4.49. The maximum absolute atomic E-state index is 11.1. The molecule has 6 heteroatoms. The minimum atomic E-state index is -3.15. The van der Waals surface area contributed by atoms with Gasteiger partial charge < -0.3 is 5.32 Å². The van der Waals surface area contributed by atoms with Crippen LogP contribution in [0.2, 0.25) is 0 Å². The number of nitrogens with one attached hydrogen (secondary N) is 2. The van der Waals surface area contributed by atoms with Crippen LogP contribution in [0, 0.1) is 5.92 Å². The third-order valence-electron chi connectivity index (χ3n) is 2.78. The second-order valence-corrected chi connectivity index (χ2v) is 5.96. The fourth-order valence-electron chi connectivity index (χ4n) is 1.97. The van der Waals surface area contributed by atoms with Crippen LogP contribution in [0.25, 0.3) is 0 Å². The van der Waals surface area contributed by atoms with Gasteiger partial charge in [-0.15, -0.1) is 0 Å². The normalized spacial score (nSPS) is 25.3. The molecule has 0 spiro atoms. The van der Waals surface area contributed by atoms with Crippen LogP contribution >= 0.6 is 0 Å². The standard InChI is InChI=1S/C10H18N2O3S/c1-3-10(13)12-9-6-4-5-8(9)7-11-16(2,14)15/h3,8-9,11H,1,4-7H2,2H3,(H,12,13)/t8-,9+/m0/s1. The summed E-state index contributed by atoms with van der Waals surface area (Å²) in [4.78, 5) is 11.1. The molecule has 0 bridgehead atoms. The molecule has 1 fully saturated rings. The van der Waals surface area contributed by atoms with Crippen molar-refractivity contribution in [3.8, 4) is 0 Å². The fraction of sp³-hybridized carbons (Fsp3) is 0.700. The predicted molar refractivity (Wildman–Crippen MR) is 62.3 cm³/mol. The van der Waals surface area contributed by atoms with Gasteiger partial charge in [-0.25, -0.2) is 13.1 Å². The summed E-state index contributed by atoms with van der Waals surface area (Å²) in [5, 5.41) is 2.82. The van der Waals surface area contributed by atoms with Gasteiger partial charge in [-0.05, 0) is 24.8 Å². The van der Waals surface area contributed by atoms with Gasteiger partial charge >= 0.3 is 0 Å². The van der Waals surface area contributed by atoms with Crippen molar-refractivity contribution in [2.24, 2.45) is 5.92 Å². The first-order valence-corrected chi connectivity index (χ1v) is 7.19. The second kappa shape index (κ2) is 5.45. The van der Waals surface area contributed by atoms with E-state index in [0.717, 1.165) is 25.5 Å². The molecule has 0 heterocycles. The number of sulfonamides is 1. The number of rotatable bonds is 5. The van der Waals surface area contributed by atoms with E-state index in [9.17, 15) is 13.2 Å². The summed E-state index contributed by atoms with van der Waals surface area (Å²) in [7, 11) is -3.15. The second-order valence-electron chi connectivity index (χ2n) is 4.13. The quantitative estimate of drug-likeness (QED) is 0.671. The molecule has 5 nitrogen and oxygen atoms in total. The fourth-order valence-corrected chi connectivity index (χ4v) is 2.49. The number of carbonyl (C=O) groups is 1. The van der Waals surface area contributed by atoms with Gasteiger partial charge in [0.2, 0.25) is 15.9 Å². The molecule has 1 aliphatic carbocycles. The molecule has 1 aliphatic rings. The van der Waals surface area contributed by atoms with Gasteiger partial charge in [-0.2, -0.15) is 0 Å². The average molecular weight is 246 g/mol. The van der Waals surface area contributed by atoms with Crippen molar-refractivity contribution in [2.75, 3.05) is 12.8 Å². The molecule has 0 radical (unpaired) electrons. The summed E-state index contributed by atoms with van der Waals surface area (Å²) in [5.41, 5.74) is 0. The van der Waals surface area contributed by atoms with Crippen molar-refractivity contribution in [2.45, 2.75) is 25.3 Å². The highest BCUT2D eigenvalue weighted by atomic mass is 32.2. The Balaban J connectivity index is 2.46. The van der Waals surface area contributed by atoms with Gasteiger partial charge in [-0.1, -0.05) is 13.0 Å². The molecule has 92 valence electrons. The summed E-state index contributed by atoms with van der Waals surface area (Å²) in [6, 6.07) is 0.0553. The van der Waals surface area contributed by atoms with E-state index in [2.05, 4.69) is 16.6 Å². The Morgan fingerprint density at radius 3 is 2.75 bits per heavy atom. The highest BCUT2D eigenvalue weighted by Crippen LogP contribution is 2.25. The topological polar surface area (TPSA) is 75.3 Å². The molecule has 2 N–H and O–H groups in total. The van der Waals surface area contributed by atoms with Gasteiger partial charge in [0.15, 0.2) is 0 Å². The van der Waals surface area contributed by atoms with Crippen LogP contribution in [0.3, 0.4) is 0 Å². The largest absolute Gasteiger partial charge is 0.350 e. The molecule has 0 unspecified atom stereocenters. The number of amides is 1. The van der Waals surface area contributed by atoms with Crippen LogP contribution in [-0.2, 0) is 14.8 Å². The maximum atomic E-state index is 11.1. The zero-order valence-corrected chi connectivity index (χ0v) is 10.2. The predicted octanol–water partition coefficient (Wildman–Crippen LogP) is 0.00650. The Morgan fingerprint density at radius 1 is 1.50 bits per heavy atom. The lowest BCUT2D eigenvalue weighted by molar-refractivity contribution is -0.117. The maximum Gasteiger partial charge on any atom is 0.243 e. The third kappa shape index (κ3) is 4.32. The first kappa shape index (κ1) is 13.2. The van der Waals surface area contributed by atoms with E-state index in [0.29, 0.717) is 6.54 Å². The lowest BCUT2D eigenvalue weighted by Crippen LogP contribution is -2.41. The van der Waals surface area contributed by atoms with Gasteiger partial charge in [0.25, 0.3) is 0 Å². The third-order valence-corrected chi connectivity index (χ3v) is 3.47. The van der Waals surface area contributed by atoms with Crippen molar-refractivity contribution in [3.05, 3.63) is 12.7 Å². The lowest BCUT2D eigenvalue weighted by Gasteiger charge is -2.20. The van der Waals surface area contributed by atoms with E-state index < -0.39 is 10.0 Å². The van der Waals surface area contributed by atoms with Gasteiger partial charge in [0, 0.05) is 12.6 Å². The van der Waals surface area contributed by atoms with E-state index in [1.54, 1.807) is 0 Å². The smallest absolute Gasteiger partial charge is 0.243 e. The van der Waals surface area contributed by atoms with Crippen LogP contribution in [0.5, 0.6) is 0 Å². The number of hydrogen-bond donors (Lipinski definition) is 2. The van der Waals surface area contributed by atoms with Crippen molar-refractivity contribution < 1.29 is 13.2 Å². The molecule has 0 aliphatic heterocycles. The van der Waals surface area contributed by atoms with Gasteiger partial charge in [0.05, 0.1) is 6.26 Å². The minimum Gasteiger partial charge on any atom is -0.350 e. The monoisotopic (exact) mass is 246 g/mol. The minimum absolute atomic E-state index is 0.0553. The summed E-state index contributed by atoms with van der Waals surface area (Å²) in [5.74, 6) is -0.0186. The van der Waals surface area contributed by atoms with Crippen LogP contribution in [0.1, 0.15) is 19.3 Å². The molecule has 1 rings (SSSR count). The summed E-state index contributed by atoms with van der Waals surface area (Å²) < 4.78 is 24.4. The molecule has 0 aromatic carbocycles. The van der Waals surface area contributed by atoms with E-state index in [1.807, 2.05) is 0 Å². The summed E-state index contributed by atoms with van der Waals surface area (Å²) in [6.07, 6.45) is 5.22. The molecule has 16 heavy (non-hydrogen) atoms. The first-order chi connectivity index (χ1) is 7.42. The Labute approximate surface area is 96.4 Å². The van der Waals surface area contributed by atoms with E-state index in [1.165, 1.54) is 6.08 Å². The molecular formula is C10H18N2O3S. The zero-order chi connectivity index (χ0) is 12.2. The van der Waals surface area contributed by atoms with Crippen molar-refractivity contribution in [1.82, 2.24) is 10.0 Å². The molecule has 1 saturated carbocycles. The Morgan fingerprint density at radius 2 is 2.19 bits per heavy atom. The van der Waals surface area contributed by atoms with Crippen LogP contribution in [0.4, 0.5) is 0 Å². The summed E-state index contributed by atoms with van der Waals surface area (Å²) >= 11 is 0. The average Bonchev–Trinajstić information content (AvgIpc) is 2.61. The van der Waals surface area contributed by atoms with Gasteiger partial charge in [-0.3, -0.25) is 4.79 Å². The van der Waals surface area contributed by atoms with Crippen molar-refractivity contribution in [3.63, 3.8) is 0 Å². The van der Waals surface area contributed by atoms with Crippen LogP contribution in [0.15, 0.2) is 12.7 Å². The highest BCUT2D eigenvalue weighted by molar-refractivity contribution is 7.88. The van der Waals surface area contributed by atoms with Crippen molar-refractivity contribution in [1.29, 1.82) is 0 Å². The van der Waals surface area contributed by atoms with Crippen LogP contribution < -0.4 is 10.0 Å². The van der Waals surface area contributed by atoms with E-state index >= 15 is 0 Å². The van der Waals surface area contributed by atoms with Crippen LogP contribution in [-0.4, -0.2) is 33.2 Å². The SMILES string of the molecule is C=CC(=O)N[C@@H]1CCC[C@H]1CNS(C)(=O)=O. The lowest BCUT2D eigenvalue weighted by atomic mass is 10.0. The number of hydrogen-bond acceptors (Lipinski definition) is 3. The summed E-state index contributed by atoms with van der Waals surface area (Å²) in [6.45, 7) is 3.78. The number of carbonyl (C=O) groups excluding carboxylic acids is 1. The molecular weight excluding hydrogens is 228 g/mol. The Hall–Kier alpha value is -0.880. The first-order valence-electron chi connectivity index (χ1n) is 5.30. The van der Waals surface area contributed by atoms with E-state index in [-0.39, 0.29) is 17.9 Å². The van der Waals surface area contributed by atoms with Crippen molar-refractivity contribution >= 4 is 15.9 Å².